The molecule has 0 aliphatic carbocycles. The lowest BCUT2D eigenvalue weighted by atomic mass is 10.1. The summed E-state index contributed by atoms with van der Waals surface area (Å²) in [5, 5.41) is 9.34. The van der Waals surface area contributed by atoms with Gasteiger partial charge in [0, 0.05) is 30.6 Å². The predicted molar refractivity (Wildman–Crippen MR) is 119 cm³/mol. The highest BCUT2D eigenvalue weighted by Gasteiger charge is 2.05. The van der Waals surface area contributed by atoms with E-state index < -0.39 is 0 Å². The van der Waals surface area contributed by atoms with Gasteiger partial charge in [0.25, 0.3) is 5.91 Å². The van der Waals surface area contributed by atoms with Crippen molar-refractivity contribution in [2.45, 2.75) is 31.7 Å². The van der Waals surface area contributed by atoms with Crippen molar-refractivity contribution in [2.75, 3.05) is 26.4 Å². The van der Waals surface area contributed by atoms with Crippen LogP contribution in [0.3, 0.4) is 0 Å². The van der Waals surface area contributed by atoms with Crippen molar-refractivity contribution in [3.05, 3.63) is 64.7 Å². The lowest BCUT2D eigenvalue weighted by Crippen LogP contribution is -2.38. The number of rotatable bonds is 8. The van der Waals surface area contributed by atoms with Crippen LogP contribution in [0.2, 0.25) is 0 Å². The van der Waals surface area contributed by atoms with Gasteiger partial charge in [-0.2, -0.15) is 0 Å². The molecule has 3 N–H and O–H groups in total. The van der Waals surface area contributed by atoms with E-state index in [1.165, 1.54) is 16.0 Å². The zero-order valence-corrected chi connectivity index (χ0v) is 18.0. The smallest absolute Gasteiger partial charge is 0.251 e. The number of carbonyl (C=O) groups excluding carboxylic acids is 1. The van der Waals surface area contributed by atoms with Gasteiger partial charge in [-0.25, -0.2) is 4.99 Å². The Morgan fingerprint density at radius 3 is 2.68 bits per heavy atom. The number of hydrogen-bond acceptors (Lipinski definition) is 3. The summed E-state index contributed by atoms with van der Waals surface area (Å²) in [5.74, 6) is 0.741. The molecule has 5 nitrogen and oxygen atoms in total. The largest absolute Gasteiger partial charge is 0.357 e. The Balaban J connectivity index is 1.97. The molecule has 0 aliphatic rings. The SMILES string of the molecule is CCNC(=NCc1ccc(C)cc1SC)NCCc1cccc(C(=O)NC)c1. The van der Waals surface area contributed by atoms with E-state index in [4.69, 9.17) is 4.99 Å². The topological polar surface area (TPSA) is 65.5 Å². The van der Waals surface area contributed by atoms with Crippen molar-refractivity contribution in [1.82, 2.24) is 16.0 Å². The van der Waals surface area contributed by atoms with E-state index in [0.717, 1.165) is 31.0 Å². The molecule has 6 heteroatoms. The Morgan fingerprint density at radius 2 is 1.96 bits per heavy atom. The fourth-order valence-corrected chi connectivity index (χ4v) is 3.52. The van der Waals surface area contributed by atoms with Gasteiger partial charge in [-0.15, -0.1) is 11.8 Å². The fraction of sp³-hybridized carbons (Fsp3) is 0.364. The number of thioether (sulfide) groups is 1. The van der Waals surface area contributed by atoms with E-state index in [9.17, 15) is 4.79 Å². The van der Waals surface area contributed by atoms with Gasteiger partial charge >= 0.3 is 0 Å². The van der Waals surface area contributed by atoms with Crippen molar-refractivity contribution in [1.29, 1.82) is 0 Å². The minimum Gasteiger partial charge on any atom is -0.357 e. The molecular weight excluding hydrogens is 368 g/mol. The van der Waals surface area contributed by atoms with Crippen LogP contribution in [0.5, 0.6) is 0 Å². The number of benzene rings is 2. The number of hydrogen-bond donors (Lipinski definition) is 3. The quantitative estimate of drug-likeness (QED) is 0.362. The molecule has 0 aromatic heterocycles. The van der Waals surface area contributed by atoms with Gasteiger partial charge in [0.2, 0.25) is 0 Å². The molecule has 0 fully saturated rings. The standard InChI is InChI=1S/C22H30N4OS/c1-5-24-22(26-15-19-10-9-16(2)13-20(19)28-4)25-12-11-17-7-6-8-18(14-17)21(27)23-3/h6-10,13-14H,5,11-12,15H2,1-4H3,(H,23,27)(H2,24,25,26). The van der Waals surface area contributed by atoms with Crippen molar-refractivity contribution in [3.8, 4) is 0 Å². The highest BCUT2D eigenvalue weighted by molar-refractivity contribution is 7.98. The van der Waals surface area contributed by atoms with Gasteiger partial charge in [-0.05, 0) is 61.4 Å². The van der Waals surface area contributed by atoms with Gasteiger partial charge in [-0.3, -0.25) is 4.79 Å². The van der Waals surface area contributed by atoms with E-state index in [0.29, 0.717) is 12.1 Å². The zero-order valence-electron chi connectivity index (χ0n) is 17.1. The van der Waals surface area contributed by atoms with E-state index in [1.807, 2.05) is 24.3 Å². The first kappa shape index (κ1) is 21.8. The second kappa shape index (κ2) is 11.4. The molecule has 150 valence electrons. The minimum absolute atomic E-state index is 0.0626. The minimum atomic E-state index is -0.0626. The maximum absolute atomic E-state index is 11.8. The second-order valence-electron chi connectivity index (χ2n) is 6.47. The summed E-state index contributed by atoms with van der Waals surface area (Å²) in [6.07, 6.45) is 2.91. The molecule has 0 saturated carbocycles. The van der Waals surface area contributed by atoms with Crippen molar-refractivity contribution in [3.63, 3.8) is 0 Å². The number of carbonyl (C=O) groups is 1. The molecule has 0 aliphatic heterocycles. The Bertz CT molecular complexity index is 820. The molecule has 2 aromatic rings. The first-order valence-electron chi connectivity index (χ1n) is 9.54. The van der Waals surface area contributed by atoms with Crippen molar-refractivity contribution < 1.29 is 4.79 Å². The van der Waals surface area contributed by atoms with Crippen molar-refractivity contribution in [2.24, 2.45) is 4.99 Å². The van der Waals surface area contributed by atoms with Gasteiger partial charge in [-0.1, -0.05) is 24.3 Å². The van der Waals surface area contributed by atoms with Gasteiger partial charge in [0.15, 0.2) is 5.96 Å². The summed E-state index contributed by atoms with van der Waals surface area (Å²) < 4.78 is 0. The van der Waals surface area contributed by atoms with Crippen molar-refractivity contribution >= 4 is 23.6 Å². The molecule has 0 atom stereocenters. The van der Waals surface area contributed by atoms with Crippen LogP contribution in [0.25, 0.3) is 0 Å². The van der Waals surface area contributed by atoms with Crippen LogP contribution < -0.4 is 16.0 Å². The molecule has 2 aromatic carbocycles. The fourth-order valence-electron chi connectivity index (χ4n) is 2.83. The second-order valence-corrected chi connectivity index (χ2v) is 7.31. The van der Waals surface area contributed by atoms with Crippen LogP contribution in [-0.4, -0.2) is 38.3 Å². The molecule has 0 spiro atoms. The summed E-state index contributed by atoms with van der Waals surface area (Å²) >= 11 is 1.75. The highest BCUT2D eigenvalue weighted by Crippen LogP contribution is 2.22. The van der Waals surface area contributed by atoms with E-state index in [1.54, 1.807) is 18.8 Å². The summed E-state index contributed by atoms with van der Waals surface area (Å²) in [4.78, 5) is 17.8. The number of guanidine groups is 1. The normalized spacial score (nSPS) is 11.2. The van der Waals surface area contributed by atoms with Crippen LogP contribution in [0, 0.1) is 6.92 Å². The van der Waals surface area contributed by atoms with Crippen LogP contribution in [0.15, 0.2) is 52.4 Å². The Morgan fingerprint density at radius 1 is 1.14 bits per heavy atom. The average Bonchev–Trinajstić information content (AvgIpc) is 2.72. The van der Waals surface area contributed by atoms with E-state index in [-0.39, 0.29) is 5.91 Å². The van der Waals surface area contributed by atoms with Gasteiger partial charge < -0.3 is 16.0 Å². The van der Waals surface area contributed by atoms with E-state index in [2.05, 4.69) is 54.3 Å². The molecule has 1 amide bonds. The Hall–Kier alpha value is -2.47. The number of nitrogens with one attached hydrogen (secondary N) is 3. The Kier molecular flexibility index (Phi) is 8.88. The predicted octanol–water partition coefficient (Wildman–Crippen LogP) is 3.37. The lowest BCUT2D eigenvalue weighted by molar-refractivity contribution is 0.0963. The first-order valence-corrected chi connectivity index (χ1v) is 10.8. The highest BCUT2D eigenvalue weighted by atomic mass is 32.2. The average molecular weight is 399 g/mol. The number of amides is 1. The molecular formula is C22H30N4OS. The third kappa shape index (κ3) is 6.60. The molecule has 0 unspecified atom stereocenters. The molecule has 0 bridgehead atoms. The van der Waals surface area contributed by atoms with E-state index >= 15 is 0 Å². The monoisotopic (exact) mass is 398 g/mol. The molecule has 0 saturated heterocycles. The van der Waals surface area contributed by atoms with Gasteiger partial charge in [0.1, 0.15) is 0 Å². The van der Waals surface area contributed by atoms with Crippen LogP contribution in [-0.2, 0) is 13.0 Å². The molecule has 28 heavy (non-hydrogen) atoms. The van der Waals surface area contributed by atoms with Crippen LogP contribution >= 0.6 is 11.8 Å². The van der Waals surface area contributed by atoms with Crippen LogP contribution in [0.1, 0.15) is 34.0 Å². The summed E-state index contributed by atoms with van der Waals surface area (Å²) in [7, 11) is 1.65. The molecule has 0 radical (unpaired) electrons. The molecule has 2 rings (SSSR count). The number of aryl methyl sites for hydroxylation is 1. The van der Waals surface area contributed by atoms with Gasteiger partial charge in [0.05, 0.1) is 6.54 Å². The number of nitrogens with zero attached hydrogens (tertiary/aromatic N) is 1. The van der Waals surface area contributed by atoms with Crippen LogP contribution in [0.4, 0.5) is 0 Å². The Labute approximate surface area is 172 Å². The first-order chi connectivity index (χ1) is 13.6. The third-order valence-electron chi connectivity index (χ3n) is 4.32. The molecule has 0 heterocycles. The zero-order chi connectivity index (χ0) is 20.4. The summed E-state index contributed by atoms with van der Waals surface area (Å²) in [6.45, 7) is 6.35. The third-order valence-corrected chi connectivity index (χ3v) is 5.14. The maximum atomic E-state index is 11.8. The summed E-state index contributed by atoms with van der Waals surface area (Å²) in [5.41, 5.74) is 4.30. The maximum Gasteiger partial charge on any atom is 0.251 e. The lowest BCUT2D eigenvalue weighted by Gasteiger charge is -2.13. The number of aliphatic imine (C=N–C) groups is 1. The summed E-state index contributed by atoms with van der Waals surface area (Å²) in [6, 6.07) is 14.2.